The Morgan fingerprint density at radius 2 is 2.00 bits per heavy atom. The minimum Gasteiger partial charge on any atom is -0.468 e. The first-order chi connectivity index (χ1) is 6.65. The molecule has 2 aliphatic rings. The first-order valence-corrected chi connectivity index (χ1v) is 5.27. The molecule has 1 aliphatic heterocycles. The number of piperidine rings is 1. The molecular formula is C10H18N2O2. The molecule has 0 aromatic carbocycles. The average molecular weight is 198 g/mol. The summed E-state index contributed by atoms with van der Waals surface area (Å²) < 4.78 is 4.72. The molecule has 0 aromatic rings. The van der Waals surface area contributed by atoms with Crippen molar-refractivity contribution in [1.82, 2.24) is 4.90 Å². The van der Waals surface area contributed by atoms with E-state index in [-0.39, 0.29) is 5.97 Å². The molecule has 4 nitrogen and oxygen atoms in total. The van der Waals surface area contributed by atoms with Gasteiger partial charge < -0.3 is 15.4 Å². The maximum absolute atomic E-state index is 11.4. The van der Waals surface area contributed by atoms with Gasteiger partial charge in [-0.25, -0.2) is 0 Å². The molecule has 0 spiro atoms. The average Bonchev–Trinajstić information content (AvgIpc) is 3.01. The van der Waals surface area contributed by atoms with E-state index in [0.29, 0.717) is 0 Å². The van der Waals surface area contributed by atoms with Crippen LogP contribution in [0.25, 0.3) is 0 Å². The molecule has 4 heteroatoms. The minimum absolute atomic E-state index is 0.257. The third-order valence-electron chi connectivity index (χ3n) is 3.35. The minimum atomic E-state index is -0.722. The number of methoxy groups -OCH3 is 1. The molecule has 0 unspecified atom stereocenters. The molecule has 1 saturated carbocycles. The van der Waals surface area contributed by atoms with Gasteiger partial charge in [0, 0.05) is 19.1 Å². The Hall–Kier alpha value is -0.610. The van der Waals surface area contributed by atoms with Crippen LogP contribution in [0.4, 0.5) is 0 Å². The van der Waals surface area contributed by atoms with Gasteiger partial charge in [-0.1, -0.05) is 0 Å². The van der Waals surface area contributed by atoms with Gasteiger partial charge in [-0.2, -0.15) is 0 Å². The zero-order valence-corrected chi connectivity index (χ0v) is 8.66. The topological polar surface area (TPSA) is 55.6 Å². The summed E-state index contributed by atoms with van der Waals surface area (Å²) >= 11 is 0. The standard InChI is InChI=1S/C10H18N2O2/c1-14-9(13)10(11)4-6-12(7-5-10)8-2-3-8/h8H,2-7,11H2,1H3. The number of hydrogen-bond acceptors (Lipinski definition) is 4. The van der Waals surface area contributed by atoms with Gasteiger partial charge in [0.15, 0.2) is 0 Å². The predicted molar refractivity (Wildman–Crippen MR) is 52.8 cm³/mol. The first-order valence-electron chi connectivity index (χ1n) is 5.27. The normalized spacial score (nSPS) is 27.3. The number of rotatable bonds is 2. The summed E-state index contributed by atoms with van der Waals surface area (Å²) in [7, 11) is 1.41. The van der Waals surface area contributed by atoms with E-state index < -0.39 is 5.54 Å². The van der Waals surface area contributed by atoms with E-state index in [4.69, 9.17) is 10.5 Å². The van der Waals surface area contributed by atoms with E-state index in [9.17, 15) is 4.79 Å². The van der Waals surface area contributed by atoms with E-state index in [1.165, 1.54) is 20.0 Å². The van der Waals surface area contributed by atoms with Crippen molar-refractivity contribution in [3.8, 4) is 0 Å². The van der Waals surface area contributed by atoms with E-state index in [0.717, 1.165) is 32.0 Å². The summed E-state index contributed by atoms with van der Waals surface area (Å²) in [5, 5.41) is 0. The smallest absolute Gasteiger partial charge is 0.325 e. The number of esters is 1. The summed E-state index contributed by atoms with van der Waals surface area (Å²) in [6, 6.07) is 0.775. The lowest BCUT2D eigenvalue weighted by molar-refractivity contribution is -0.149. The highest BCUT2D eigenvalue weighted by Gasteiger charge is 2.41. The third kappa shape index (κ3) is 1.77. The number of hydrogen-bond donors (Lipinski definition) is 1. The fourth-order valence-electron chi connectivity index (χ4n) is 2.14. The molecule has 80 valence electrons. The van der Waals surface area contributed by atoms with Crippen LogP contribution in [0, 0.1) is 0 Å². The number of nitrogens with two attached hydrogens (primary N) is 1. The van der Waals surface area contributed by atoms with E-state index >= 15 is 0 Å². The van der Waals surface area contributed by atoms with Crippen molar-refractivity contribution < 1.29 is 9.53 Å². The zero-order valence-electron chi connectivity index (χ0n) is 8.66. The molecular weight excluding hydrogens is 180 g/mol. The van der Waals surface area contributed by atoms with Gasteiger partial charge in [0.2, 0.25) is 0 Å². The van der Waals surface area contributed by atoms with Gasteiger partial charge in [-0.15, -0.1) is 0 Å². The van der Waals surface area contributed by atoms with Crippen molar-refractivity contribution in [3.05, 3.63) is 0 Å². The summed E-state index contributed by atoms with van der Waals surface area (Å²) in [6.45, 7) is 1.88. The summed E-state index contributed by atoms with van der Waals surface area (Å²) in [4.78, 5) is 13.9. The lowest BCUT2D eigenvalue weighted by atomic mass is 9.88. The maximum Gasteiger partial charge on any atom is 0.325 e. The highest BCUT2D eigenvalue weighted by atomic mass is 16.5. The Bertz CT molecular complexity index is 230. The second-order valence-electron chi connectivity index (χ2n) is 4.41. The molecule has 0 bridgehead atoms. The largest absolute Gasteiger partial charge is 0.468 e. The van der Waals surface area contributed by atoms with Crippen LogP contribution in [-0.4, -0.2) is 42.6 Å². The number of carbonyl (C=O) groups is 1. The predicted octanol–water partition coefficient (Wildman–Crippen LogP) is 0.115. The Morgan fingerprint density at radius 3 is 2.43 bits per heavy atom. The summed E-state index contributed by atoms with van der Waals surface area (Å²) in [5.74, 6) is -0.257. The molecule has 2 fully saturated rings. The number of nitrogens with zero attached hydrogens (tertiary/aromatic N) is 1. The van der Waals surface area contributed by atoms with Crippen LogP contribution in [0.15, 0.2) is 0 Å². The van der Waals surface area contributed by atoms with E-state index in [1.54, 1.807) is 0 Å². The summed E-state index contributed by atoms with van der Waals surface area (Å²) in [5.41, 5.74) is 5.27. The molecule has 14 heavy (non-hydrogen) atoms. The van der Waals surface area contributed by atoms with Crippen molar-refractivity contribution in [2.24, 2.45) is 5.73 Å². The number of likely N-dealkylation sites (tertiary alicyclic amines) is 1. The second-order valence-corrected chi connectivity index (χ2v) is 4.41. The zero-order chi connectivity index (χ0) is 10.2. The van der Waals surface area contributed by atoms with Gasteiger partial charge >= 0.3 is 5.97 Å². The van der Waals surface area contributed by atoms with E-state index in [1.807, 2.05) is 0 Å². The van der Waals surface area contributed by atoms with Gasteiger partial charge in [0.05, 0.1) is 7.11 Å². The quantitative estimate of drug-likeness (QED) is 0.640. The van der Waals surface area contributed by atoms with Crippen molar-refractivity contribution in [2.45, 2.75) is 37.3 Å². The van der Waals surface area contributed by atoms with Crippen LogP contribution >= 0.6 is 0 Å². The van der Waals surface area contributed by atoms with Crippen LogP contribution in [0.1, 0.15) is 25.7 Å². The second kappa shape index (κ2) is 3.51. The lowest BCUT2D eigenvalue weighted by Crippen LogP contribution is -2.56. The highest BCUT2D eigenvalue weighted by molar-refractivity contribution is 5.80. The Morgan fingerprint density at radius 1 is 1.43 bits per heavy atom. The highest BCUT2D eigenvalue weighted by Crippen LogP contribution is 2.31. The SMILES string of the molecule is COC(=O)C1(N)CCN(C2CC2)CC1. The van der Waals surface area contributed by atoms with Crippen molar-refractivity contribution in [3.63, 3.8) is 0 Å². The van der Waals surface area contributed by atoms with Crippen molar-refractivity contribution in [2.75, 3.05) is 20.2 Å². The maximum atomic E-state index is 11.4. The molecule has 0 radical (unpaired) electrons. The van der Waals surface area contributed by atoms with Crippen LogP contribution in [0.2, 0.25) is 0 Å². The van der Waals surface area contributed by atoms with Crippen molar-refractivity contribution >= 4 is 5.97 Å². The molecule has 1 heterocycles. The molecule has 0 amide bonds. The van der Waals surface area contributed by atoms with E-state index in [2.05, 4.69) is 4.90 Å². The lowest BCUT2D eigenvalue weighted by Gasteiger charge is -2.37. The van der Waals surface area contributed by atoms with Gasteiger partial charge in [-0.3, -0.25) is 4.79 Å². The molecule has 2 rings (SSSR count). The Balaban J connectivity index is 1.90. The Labute approximate surface area is 84.4 Å². The van der Waals surface area contributed by atoms with Crippen LogP contribution in [0.5, 0.6) is 0 Å². The van der Waals surface area contributed by atoms with Gasteiger partial charge in [-0.05, 0) is 25.7 Å². The third-order valence-corrected chi connectivity index (χ3v) is 3.35. The molecule has 2 N–H and O–H groups in total. The monoisotopic (exact) mass is 198 g/mol. The van der Waals surface area contributed by atoms with Crippen LogP contribution < -0.4 is 5.73 Å². The molecule has 1 aliphatic carbocycles. The first kappa shape index (κ1) is 9.93. The fourth-order valence-corrected chi connectivity index (χ4v) is 2.14. The van der Waals surface area contributed by atoms with Crippen LogP contribution in [0.3, 0.4) is 0 Å². The van der Waals surface area contributed by atoms with Gasteiger partial charge in [0.25, 0.3) is 0 Å². The molecule has 0 aromatic heterocycles. The molecule has 1 saturated heterocycles. The van der Waals surface area contributed by atoms with Gasteiger partial charge in [0.1, 0.15) is 5.54 Å². The Kier molecular flexibility index (Phi) is 2.49. The van der Waals surface area contributed by atoms with Crippen molar-refractivity contribution in [1.29, 1.82) is 0 Å². The number of ether oxygens (including phenoxy) is 1. The fraction of sp³-hybridized carbons (Fsp3) is 0.900. The number of carbonyl (C=O) groups excluding carboxylic acids is 1. The summed E-state index contributed by atoms with van der Waals surface area (Å²) in [6.07, 6.45) is 4.10. The molecule has 0 atom stereocenters. The van der Waals surface area contributed by atoms with Crippen LogP contribution in [-0.2, 0) is 9.53 Å².